The topological polar surface area (TPSA) is 21.3 Å². The van der Waals surface area contributed by atoms with Crippen molar-refractivity contribution in [2.24, 2.45) is 0 Å². The lowest BCUT2D eigenvalue weighted by atomic mass is 9.96. The van der Waals surface area contributed by atoms with E-state index in [1.165, 1.54) is 38.1 Å². The summed E-state index contributed by atoms with van der Waals surface area (Å²) in [5.41, 5.74) is 15.3. The highest BCUT2D eigenvalue weighted by Crippen LogP contribution is 2.45. The van der Waals surface area contributed by atoms with E-state index in [9.17, 15) is 0 Å². The molecule has 0 bridgehead atoms. The van der Waals surface area contributed by atoms with Crippen molar-refractivity contribution >= 4 is 71.6 Å². The maximum atomic E-state index is 6.63. The Morgan fingerprint density at radius 3 is 1.77 bits per heavy atom. The third-order valence-electron chi connectivity index (χ3n) is 12.2. The fourth-order valence-corrected chi connectivity index (χ4v) is 9.40. The van der Waals surface area contributed by atoms with Gasteiger partial charge in [0.15, 0.2) is 0 Å². The van der Waals surface area contributed by atoms with Crippen molar-refractivity contribution < 1.29 is 4.42 Å². The first-order valence-electron chi connectivity index (χ1n) is 20.8. The molecule has 0 spiro atoms. The molecule has 0 unspecified atom stereocenters. The summed E-state index contributed by atoms with van der Waals surface area (Å²) in [6.07, 6.45) is 0. The number of rotatable bonds is 7. The minimum atomic E-state index is 0.888. The van der Waals surface area contributed by atoms with Crippen molar-refractivity contribution in [1.82, 2.24) is 4.57 Å². The van der Waals surface area contributed by atoms with Gasteiger partial charge >= 0.3 is 0 Å². The van der Waals surface area contributed by atoms with E-state index in [0.29, 0.717) is 0 Å². The zero-order valence-corrected chi connectivity index (χ0v) is 33.2. The van der Waals surface area contributed by atoms with E-state index in [-0.39, 0.29) is 0 Å². The highest BCUT2D eigenvalue weighted by molar-refractivity contribution is 6.11. The van der Waals surface area contributed by atoms with Crippen LogP contribution < -0.4 is 4.90 Å². The van der Waals surface area contributed by atoms with E-state index in [2.05, 4.69) is 234 Å². The van der Waals surface area contributed by atoms with Gasteiger partial charge in [0, 0.05) is 49.7 Å². The normalized spacial score (nSPS) is 11.6. The van der Waals surface area contributed by atoms with Gasteiger partial charge in [-0.3, -0.25) is 0 Å². The SMILES string of the molecule is c1cc(-c2cccc3ccccc23)cc(N(c2ccc(-c3cccc(-n4c5ccccc5c5ccccc54)c3)cc2)c2ccccc2-c2cccc3c2oc2ccccc23)c1. The van der Waals surface area contributed by atoms with E-state index in [1.807, 2.05) is 6.07 Å². The zero-order valence-electron chi connectivity index (χ0n) is 33.2. The molecule has 0 saturated heterocycles. The van der Waals surface area contributed by atoms with Gasteiger partial charge < -0.3 is 13.9 Å². The molecule has 2 aromatic heterocycles. The van der Waals surface area contributed by atoms with Gasteiger partial charge in [0.1, 0.15) is 11.2 Å². The van der Waals surface area contributed by atoms with Gasteiger partial charge in [-0.1, -0.05) is 170 Å². The van der Waals surface area contributed by atoms with E-state index in [1.54, 1.807) is 0 Å². The van der Waals surface area contributed by atoms with Crippen LogP contribution in [0.4, 0.5) is 17.1 Å². The molecule has 0 radical (unpaired) electrons. The van der Waals surface area contributed by atoms with Gasteiger partial charge in [-0.15, -0.1) is 0 Å². The Labute approximate surface area is 353 Å². The van der Waals surface area contributed by atoms with Gasteiger partial charge in [0.05, 0.1) is 16.7 Å². The van der Waals surface area contributed by atoms with Crippen molar-refractivity contribution in [1.29, 1.82) is 0 Å². The standard InChI is InChI=1S/C58H38N2O/c1-2-21-46-40(15-1)16-13-26-47(46)42-18-12-19-44(38-42)59(54-29-7-5-24-50(54)52-27-14-28-53-51-25-6-10-32-57(51)61-58(52)53)43-35-33-39(34-36-43)41-17-11-20-45(37-41)60-55-30-8-3-22-48(55)49-23-4-9-31-56(49)60/h1-38H. The molecule has 0 aliphatic rings. The summed E-state index contributed by atoms with van der Waals surface area (Å²) >= 11 is 0. The van der Waals surface area contributed by atoms with Crippen LogP contribution in [-0.2, 0) is 0 Å². The van der Waals surface area contributed by atoms with Crippen LogP contribution in [0.1, 0.15) is 0 Å². The number of anilines is 3. The average Bonchev–Trinajstić information content (AvgIpc) is 3.88. The Balaban J connectivity index is 1.01. The number of fused-ring (bicyclic) bond motifs is 7. The first-order chi connectivity index (χ1) is 30.3. The molecule has 0 saturated carbocycles. The van der Waals surface area contributed by atoms with Crippen molar-refractivity contribution in [3.63, 3.8) is 0 Å². The predicted octanol–water partition coefficient (Wildman–Crippen LogP) is 16.3. The molecule has 61 heavy (non-hydrogen) atoms. The first-order valence-corrected chi connectivity index (χ1v) is 20.8. The van der Waals surface area contributed by atoms with Gasteiger partial charge in [-0.05, 0) is 93.7 Å². The van der Waals surface area contributed by atoms with E-state index >= 15 is 0 Å². The monoisotopic (exact) mass is 778 g/mol. The minimum absolute atomic E-state index is 0.888. The van der Waals surface area contributed by atoms with E-state index in [4.69, 9.17) is 4.42 Å². The highest BCUT2D eigenvalue weighted by Gasteiger charge is 2.21. The first kappa shape index (κ1) is 34.9. The Bertz CT molecular complexity index is 3550. The second kappa shape index (κ2) is 14.3. The maximum Gasteiger partial charge on any atom is 0.143 e. The van der Waals surface area contributed by atoms with Gasteiger partial charge in [-0.25, -0.2) is 0 Å². The summed E-state index contributed by atoms with van der Waals surface area (Å²) in [6, 6.07) is 82.9. The van der Waals surface area contributed by atoms with Crippen LogP contribution in [0, 0.1) is 0 Å². The molecule has 10 aromatic carbocycles. The van der Waals surface area contributed by atoms with Crippen LogP contribution >= 0.6 is 0 Å². The number of aromatic nitrogens is 1. The molecule has 0 atom stereocenters. The summed E-state index contributed by atoms with van der Waals surface area (Å²) in [5, 5.41) is 7.21. The highest BCUT2D eigenvalue weighted by atomic mass is 16.3. The quantitative estimate of drug-likeness (QED) is 0.161. The predicted molar refractivity (Wildman–Crippen MR) is 257 cm³/mol. The lowest BCUT2D eigenvalue weighted by Gasteiger charge is -2.28. The third kappa shape index (κ3) is 5.82. The molecule has 0 N–H and O–H groups in total. The summed E-state index contributed by atoms with van der Waals surface area (Å²) in [7, 11) is 0. The van der Waals surface area contributed by atoms with Crippen molar-refractivity contribution in [2.45, 2.75) is 0 Å². The van der Waals surface area contributed by atoms with Crippen LogP contribution in [0.2, 0.25) is 0 Å². The van der Waals surface area contributed by atoms with Crippen LogP contribution in [-0.4, -0.2) is 4.57 Å². The second-order valence-corrected chi connectivity index (χ2v) is 15.7. The summed E-state index contributed by atoms with van der Waals surface area (Å²) in [6.45, 7) is 0. The Morgan fingerprint density at radius 1 is 0.344 bits per heavy atom. The molecule has 286 valence electrons. The molecule has 3 nitrogen and oxygen atoms in total. The maximum absolute atomic E-state index is 6.63. The summed E-state index contributed by atoms with van der Waals surface area (Å²) < 4.78 is 9.01. The summed E-state index contributed by atoms with van der Waals surface area (Å²) in [4.78, 5) is 2.39. The third-order valence-corrected chi connectivity index (χ3v) is 12.2. The van der Waals surface area contributed by atoms with Crippen molar-refractivity contribution in [2.75, 3.05) is 4.90 Å². The van der Waals surface area contributed by atoms with Crippen LogP contribution in [0.5, 0.6) is 0 Å². The molecule has 0 aliphatic carbocycles. The number of furan rings is 1. The number of nitrogens with zero attached hydrogens (tertiary/aromatic N) is 2. The minimum Gasteiger partial charge on any atom is -0.455 e. The zero-order chi connectivity index (χ0) is 40.3. The smallest absolute Gasteiger partial charge is 0.143 e. The molecular weight excluding hydrogens is 741 g/mol. The fraction of sp³-hybridized carbons (Fsp3) is 0. The number of para-hydroxylation sites is 5. The van der Waals surface area contributed by atoms with Crippen molar-refractivity contribution in [3.05, 3.63) is 231 Å². The molecule has 0 aliphatic heterocycles. The van der Waals surface area contributed by atoms with E-state index in [0.717, 1.165) is 72.5 Å². The fourth-order valence-electron chi connectivity index (χ4n) is 9.40. The lowest BCUT2D eigenvalue weighted by molar-refractivity contribution is 0.670. The largest absolute Gasteiger partial charge is 0.455 e. The van der Waals surface area contributed by atoms with Crippen LogP contribution in [0.15, 0.2) is 235 Å². The number of benzene rings is 10. The van der Waals surface area contributed by atoms with Gasteiger partial charge in [0.2, 0.25) is 0 Å². The molecule has 12 aromatic rings. The Kier molecular flexibility index (Phi) is 8.17. The molecular formula is C58H38N2O. The Hall–Kier alpha value is -8.14. The molecule has 12 rings (SSSR count). The number of hydrogen-bond acceptors (Lipinski definition) is 2. The molecule has 2 heterocycles. The van der Waals surface area contributed by atoms with E-state index < -0.39 is 0 Å². The van der Waals surface area contributed by atoms with Crippen molar-refractivity contribution in [3.8, 4) is 39.1 Å². The van der Waals surface area contributed by atoms with Crippen LogP contribution in [0.25, 0.3) is 93.6 Å². The summed E-state index contributed by atoms with van der Waals surface area (Å²) in [5.74, 6) is 0. The molecule has 3 heteroatoms. The lowest BCUT2D eigenvalue weighted by Crippen LogP contribution is -2.11. The molecule has 0 fully saturated rings. The average molecular weight is 779 g/mol. The second-order valence-electron chi connectivity index (χ2n) is 15.7. The number of hydrogen-bond donors (Lipinski definition) is 0. The molecule has 0 amide bonds. The Morgan fingerprint density at radius 2 is 0.934 bits per heavy atom. The van der Waals surface area contributed by atoms with Gasteiger partial charge in [-0.2, -0.15) is 0 Å². The van der Waals surface area contributed by atoms with Gasteiger partial charge in [0.25, 0.3) is 0 Å². The van der Waals surface area contributed by atoms with Crippen LogP contribution in [0.3, 0.4) is 0 Å².